The molecule has 2 heterocycles. The summed E-state index contributed by atoms with van der Waals surface area (Å²) in [6.45, 7) is 1.84. The molecule has 1 aromatic carbocycles. The van der Waals surface area contributed by atoms with Crippen molar-refractivity contribution in [3.05, 3.63) is 64.1 Å². The Balaban J connectivity index is 2.11. The molecule has 0 bridgehead atoms. The van der Waals surface area contributed by atoms with Crippen LogP contribution in [0.1, 0.15) is 15.9 Å². The van der Waals surface area contributed by atoms with Crippen molar-refractivity contribution in [1.82, 2.24) is 9.55 Å². The van der Waals surface area contributed by atoms with E-state index in [1.54, 1.807) is 49.2 Å². The molecule has 24 heavy (non-hydrogen) atoms. The summed E-state index contributed by atoms with van der Waals surface area (Å²) in [6, 6.07) is 8.81. The van der Waals surface area contributed by atoms with E-state index in [1.165, 1.54) is 6.20 Å². The zero-order valence-corrected chi connectivity index (χ0v) is 13.7. The molecule has 1 N–H and O–H groups in total. The Bertz CT molecular complexity index is 992. The lowest BCUT2D eigenvalue weighted by Crippen LogP contribution is -2.24. The normalized spacial score (nSPS) is 10.6. The molecule has 0 aliphatic heterocycles. The molecule has 3 aromatic rings. The van der Waals surface area contributed by atoms with Crippen LogP contribution in [0.15, 0.2) is 47.5 Å². The summed E-state index contributed by atoms with van der Waals surface area (Å²) in [5.74, 6) is 0.539. The molecule has 0 unspecified atom stereocenters. The number of hydrogen-bond acceptors (Lipinski definition) is 4. The summed E-state index contributed by atoms with van der Waals surface area (Å²) in [6.07, 6.45) is 3.10. The predicted octanol–water partition coefficient (Wildman–Crippen LogP) is 2.50. The lowest BCUT2D eigenvalue weighted by atomic mass is 10.1. The molecule has 0 aliphatic rings. The van der Waals surface area contributed by atoms with Gasteiger partial charge in [0.1, 0.15) is 17.1 Å². The third-order valence-corrected chi connectivity index (χ3v) is 3.87. The number of aryl methyl sites for hydroxylation is 2. The maximum absolute atomic E-state index is 12.7. The minimum absolute atomic E-state index is 0.0586. The lowest BCUT2D eigenvalue weighted by Gasteiger charge is -2.12. The number of benzene rings is 1. The van der Waals surface area contributed by atoms with Crippen LogP contribution in [-0.4, -0.2) is 22.6 Å². The average Bonchev–Trinajstić information content (AvgIpc) is 2.59. The van der Waals surface area contributed by atoms with Crippen molar-refractivity contribution in [2.75, 3.05) is 12.4 Å². The molecule has 2 aromatic heterocycles. The summed E-state index contributed by atoms with van der Waals surface area (Å²) in [7, 11) is 3.32. The number of amides is 1. The smallest absolute Gasteiger partial charge is 0.262 e. The van der Waals surface area contributed by atoms with Crippen LogP contribution in [0, 0.1) is 6.92 Å². The molecule has 0 radical (unpaired) electrons. The van der Waals surface area contributed by atoms with Gasteiger partial charge >= 0.3 is 0 Å². The van der Waals surface area contributed by atoms with E-state index in [-0.39, 0.29) is 11.0 Å². The van der Waals surface area contributed by atoms with Crippen molar-refractivity contribution in [3.8, 4) is 5.75 Å². The molecule has 6 nitrogen and oxygen atoms in total. The first-order valence-electron chi connectivity index (χ1n) is 7.42. The van der Waals surface area contributed by atoms with Crippen LogP contribution in [0.5, 0.6) is 5.75 Å². The maximum atomic E-state index is 12.7. The van der Waals surface area contributed by atoms with Gasteiger partial charge in [0, 0.05) is 19.4 Å². The zero-order valence-electron chi connectivity index (χ0n) is 13.7. The minimum atomic E-state index is -0.484. The first-order valence-corrected chi connectivity index (χ1v) is 7.42. The third kappa shape index (κ3) is 2.62. The second-order valence-corrected chi connectivity index (χ2v) is 5.46. The van der Waals surface area contributed by atoms with Crippen LogP contribution in [-0.2, 0) is 7.05 Å². The number of ether oxygens (including phenoxy) is 1. The standard InChI is InChI=1S/C18H17N3O3/c1-11-6-5-9-19-17(11)20-18(23)13-10-21(2)15-12(16(13)22)7-4-8-14(15)24-3/h4-10H,1-3H3,(H,19,20,23). The number of para-hydroxylation sites is 1. The number of methoxy groups -OCH3 is 1. The number of nitrogens with zero attached hydrogens (tertiary/aromatic N) is 2. The third-order valence-electron chi connectivity index (χ3n) is 3.87. The number of rotatable bonds is 3. The van der Waals surface area contributed by atoms with Gasteiger partial charge in [0.25, 0.3) is 5.91 Å². The highest BCUT2D eigenvalue weighted by Crippen LogP contribution is 2.23. The molecule has 6 heteroatoms. The SMILES string of the molecule is COc1cccc2c(=O)c(C(=O)Nc3ncccc3C)cn(C)c12. The van der Waals surface area contributed by atoms with Gasteiger partial charge in [-0.1, -0.05) is 12.1 Å². The van der Waals surface area contributed by atoms with Gasteiger partial charge in [-0.3, -0.25) is 9.59 Å². The number of hydrogen-bond donors (Lipinski definition) is 1. The second-order valence-electron chi connectivity index (χ2n) is 5.46. The van der Waals surface area contributed by atoms with Crippen molar-refractivity contribution in [1.29, 1.82) is 0 Å². The van der Waals surface area contributed by atoms with E-state index in [9.17, 15) is 9.59 Å². The largest absolute Gasteiger partial charge is 0.495 e. The lowest BCUT2D eigenvalue weighted by molar-refractivity contribution is 0.102. The highest BCUT2D eigenvalue weighted by molar-refractivity contribution is 6.05. The van der Waals surface area contributed by atoms with Crippen molar-refractivity contribution < 1.29 is 9.53 Å². The molecule has 122 valence electrons. The minimum Gasteiger partial charge on any atom is -0.495 e. The topological polar surface area (TPSA) is 73.2 Å². The van der Waals surface area contributed by atoms with E-state index in [0.717, 1.165) is 5.56 Å². The van der Waals surface area contributed by atoms with E-state index < -0.39 is 5.91 Å². The summed E-state index contributed by atoms with van der Waals surface area (Å²) < 4.78 is 7.02. The molecule has 0 spiro atoms. The van der Waals surface area contributed by atoms with Gasteiger partial charge in [-0.05, 0) is 30.7 Å². The summed E-state index contributed by atoms with van der Waals surface area (Å²) in [4.78, 5) is 29.4. The maximum Gasteiger partial charge on any atom is 0.262 e. The Morgan fingerprint density at radius 2 is 2.04 bits per heavy atom. The van der Waals surface area contributed by atoms with Crippen LogP contribution in [0.25, 0.3) is 10.9 Å². The van der Waals surface area contributed by atoms with Gasteiger partial charge < -0.3 is 14.6 Å². The van der Waals surface area contributed by atoms with Crippen LogP contribution in [0.4, 0.5) is 5.82 Å². The fourth-order valence-electron chi connectivity index (χ4n) is 2.65. The van der Waals surface area contributed by atoms with Crippen LogP contribution in [0.2, 0.25) is 0 Å². The molecule has 0 saturated carbocycles. The van der Waals surface area contributed by atoms with Gasteiger partial charge in [-0.15, -0.1) is 0 Å². The van der Waals surface area contributed by atoms with Gasteiger partial charge in [-0.25, -0.2) is 4.98 Å². The van der Waals surface area contributed by atoms with Crippen LogP contribution < -0.4 is 15.5 Å². The summed E-state index contributed by atoms with van der Waals surface area (Å²) >= 11 is 0. The van der Waals surface area contributed by atoms with Crippen molar-refractivity contribution >= 4 is 22.6 Å². The molecule has 1 amide bonds. The number of aromatic nitrogens is 2. The molecular formula is C18H17N3O3. The molecule has 0 saturated heterocycles. The van der Waals surface area contributed by atoms with Crippen molar-refractivity contribution in [3.63, 3.8) is 0 Å². The Morgan fingerprint density at radius 1 is 1.25 bits per heavy atom. The van der Waals surface area contributed by atoms with Crippen LogP contribution >= 0.6 is 0 Å². The number of anilines is 1. The first kappa shape index (κ1) is 15.7. The Hall–Kier alpha value is -3.15. The number of fused-ring (bicyclic) bond motifs is 1. The summed E-state index contributed by atoms with van der Waals surface area (Å²) in [5, 5.41) is 3.13. The second kappa shape index (κ2) is 6.16. The van der Waals surface area contributed by atoms with Crippen molar-refractivity contribution in [2.24, 2.45) is 7.05 Å². The molecular weight excluding hydrogens is 306 g/mol. The number of nitrogens with one attached hydrogen (secondary N) is 1. The van der Waals surface area contributed by atoms with E-state index in [0.29, 0.717) is 22.5 Å². The fourth-order valence-corrected chi connectivity index (χ4v) is 2.65. The zero-order chi connectivity index (χ0) is 17.3. The molecule has 0 aliphatic carbocycles. The fraction of sp³-hybridized carbons (Fsp3) is 0.167. The van der Waals surface area contributed by atoms with Gasteiger partial charge in [0.15, 0.2) is 0 Å². The van der Waals surface area contributed by atoms with Gasteiger partial charge in [-0.2, -0.15) is 0 Å². The van der Waals surface area contributed by atoms with E-state index in [1.807, 2.05) is 13.0 Å². The Kier molecular flexibility index (Phi) is 4.04. The molecule has 0 atom stereocenters. The van der Waals surface area contributed by atoms with E-state index >= 15 is 0 Å². The van der Waals surface area contributed by atoms with Gasteiger partial charge in [0.2, 0.25) is 5.43 Å². The number of carbonyl (C=O) groups excluding carboxylic acids is 1. The summed E-state index contributed by atoms with van der Waals surface area (Å²) in [5.41, 5.74) is 1.19. The Labute approximate surface area is 138 Å². The quantitative estimate of drug-likeness (QED) is 0.804. The van der Waals surface area contributed by atoms with E-state index in [4.69, 9.17) is 4.74 Å². The van der Waals surface area contributed by atoms with E-state index in [2.05, 4.69) is 10.3 Å². The average molecular weight is 323 g/mol. The molecule has 0 fully saturated rings. The van der Waals surface area contributed by atoms with Gasteiger partial charge in [0.05, 0.1) is 18.0 Å². The predicted molar refractivity (Wildman–Crippen MR) is 92.7 cm³/mol. The molecule has 3 rings (SSSR count). The number of pyridine rings is 2. The first-order chi connectivity index (χ1) is 11.5. The number of carbonyl (C=O) groups is 1. The Morgan fingerprint density at radius 3 is 2.75 bits per heavy atom. The monoisotopic (exact) mass is 323 g/mol. The van der Waals surface area contributed by atoms with Crippen molar-refractivity contribution in [2.45, 2.75) is 6.92 Å². The highest BCUT2D eigenvalue weighted by Gasteiger charge is 2.17. The highest BCUT2D eigenvalue weighted by atomic mass is 16.5. The van der Waals surface area contributed by atoms with Crippen LogP contribution in [0.3, 0.4) is 0 Å².